The van der Waals surface area contributed by atoms with Gasteiger partial charge in [-0.3, -0.25) is 0 Å². The van der Waals surface area contributed by atoms with Crippen LogP contribution in [-0.2, 0) is 5.75 Å². The fourth-order valence-corrected chi connectivity index (χ4v) is 3.99. The highest BCUT2D eigenvalue weighted by Gasteiger charge is 2.20. The molecule has 0 unspecified atom stereocenters. The van der Waals surface area contributed by atoms with Gasteiger partial charge in [-0.05, 0) is 30.3 Å². The van der Waals surface area contributed by atoms with Crippen molar-refractivity contribution in [2.45, 2.75) is 10.6 Å². The standard InChI is InChI=1S/C20H19N3O3S/c1-24-14-5-6-15-18(9-14)27-11-12-10-21-20(23-19(12)15)22-13-4-7-16(25-2)17(8-13)26-3/h4-10H,11H2,1-3H3,(H,21,22,23). The van der Waals surface area contributed by atoms with Gasteiger partial charge in [-0.15, -0.1) is 11.8 Å². The second kappa shape index (κ2) is 7.36. The second-order valence-corrected chi connectivity index (χ2v) is 6.93. The van der Waals surface area contributed by atoms with Crippen LogP contribution in [0.5, 0.6) is 17.2 Å². The van der Waals surface area contributed by atoms with Gasteiger partial charge in [0.05, 0.1) is 27.0 Å². The molecule has 27 heavy (non-hydrogen) atoms. The van der Waals surface area contributed by atoms with Crippen molar-refractivity contribution < 1.29 is 14.2 Å². The maximum absolute atomic E-state index is 5.35. The van der Waals surface area contributed by atoms with Crippen LogP contribution in [0.3, 0.4) is 0 Å². The molecule has 138 valence electrons. The lowest BCUT2D eigenvalue weighted by Gasteiger charge is -2.19. The number of aromatic nitrogens is 2. The van der Waals surface area contributed by atoms with Crippen molar-refractivity contribution >= 4 is 23.4 Å². The first-order chi connectivity index (χ1) is 13.2. The summed E-state index contributed by atoms with van der Waals surface area (Å²) in [5.41, 5.74) is 3.99. The van der Waals surface area contributed by atoms with Crippen molar-refractivity contribution in [3.63, 3.8) is 0 Å². The van der Waals surface area contributed by atoms with Crippen molar-refractivity contribution in [3.05, 3.63) is 48.2 Å². The molecule has 0 spiro atoms. The molecule has 6 nitrogen and oxygen atoms in total. The average Bonchev–Trinajstić information content (AvgIpc) is 2.73. The molecule has 0 saturated heterocycles. The van der Waals surface area contributed by atoms with E-state index in [1.807, 2.05) is 42.6 Å². The van der Waals surface area contributed by atoms with E-state index >= 15 is 0 Å². The summed E-state index contributed by atoms with van der Waals surface area (Å²) in [4.78, 5) is 10.4. The van der Waals surface area contributed by atoms with Gasteiger partial charge in [0.15, 0.2) is 11.5 Å². The fraction of sp³-hybridized carbons (Fsp3) is 0.200. The molecule has 4 rings (SSSR count). The van der Waals surface area contributed by atoms with Gasteiger partial charge in [0.25, 0.3) is 0 Å². The van der Waals surface area contributed by atoms with Gasteiger partial charge >= 0.3 is 0 Å². The van der Waals surface area contributed by atoms with Gasteiger partial charge in [0, 0.05) is 39.7 Å². The van der Waals surface area contributed by atoms with Crippen LogP contribution in [0.1, 0.15) is 5.56 Å². The Balaban J connectivity index is 1.67. The number of benzene rings is 2. The van der Waals surface area contributed by atoms with E-state index in [4.69, 9.17) is 19.2 Å². The summed E-state index contributed by atoms with van der Waals surface area (Å²) in [5.74, 6) is 3.55. The Bertz CT molecular complexity index is 994. The van der Waals surface area contributed by atoms with Crippen molar-refractivity contribution in [2.75, 3.05) is 26.6 Å². The largest absolute Gasteiger partial charge is 0.497 e. The zero-order valence-electron chi connectivity index (χ0n) is 15.3. The number of rotatable bonds is 5. The topological polar surface area (TPSA) is 65.5 Å². The number of hydrogen-bond acceptors (Lipinski definition) is 7. The Morgan fingerprint density at radius 2 is 1.81 bits per heavy atom. The van der Waals surface area contributed by atoms with E-state index in [1.54, 1.807) is 33.1 Å². The van der Waals surface area contributed by atoms with Gasteiger partial charge in [0.2, 0.25) is 5.95 Å². The third-order valence-electron chi connectivity index (χ3n) is 4.33. The average molecular weight is 381 g/mol. The van der Waals surface area contributed by atoms with Gasteiger partial charge in [0.1, 0.15) is 5.75 Å². The molecule has 0 aliphatic carbocycles. The molecule has 2 aromatic carbocycles. The molecule has 0 amide bonds. The highest BCUT2D eigenvalue weighted by atomic mass is 32.2. The number of fused-ring (bicyclic) bond motifs is 3. The third-order valence-corrected chi connectivity index (χ3v) is 5.44. The van der Waals surface area contributed by atoms with Gasteiger partial charge < -0.3 is 19.5 Å². The minimum Gasteiger partial charge on any atom is -0.497 e. The second-order valence-electron chi connectivity index (χ2n) is 5.91. The summed E-state index contributed by atoms with van der Waals surface area (Å²) in [6.45, 7) is 0. The first-order valence-electron chi connectivity index (χ1n) is 8.38. The van der Waals surface area contributed by atoms with Crippen LogP contribution in [-0.4, -0.2) is 31.3 Å². The molecule has 1 N–H and O–H groups in total. The zero-order chi connectivity index (χ0) is 18.8. The van der Waals surface area contributed by atoms with E-state index < -0.39 is 0 Å². The summed E-state index contributed by atoms with van der Waals surface area (Å²) in [6, 6.07) is 11.7. The Hall–Kier alpha value is -2.93. The molecule has 3 aromatic rings. The third kappa shape index (κ3) is 3.38. The summed E-state index contributed by atoms with van der Waals surface area (Å²) in [5, 5.41) is 3.24. The molecule has 1 aromatic heterocycles. The molecular weight excluding hydrogens is 362 g/mol. The van der Waals surface area contributed by atoms with Gasteiger partial charge in [-0.1, -0.05) is 0 Å². The highest BCUT2D eigenvalue weighted by molar-refractivity contribution is 7.98. The van der Waals surface area contributed by atoms with Crippen LogP contribution in [0.25, 0.3) is 11.3 Å². The predicted molar refractivity (Wildman–Crippen MR) is 106 cm³/mol. The number of thioether (sulfide) groups is 1. The molecule has 7 heteroatoms. The smallest absolute Gasteiger partial charge is 0.227 e. The Morgan fingerprint density at radius 3 is 2.59 bits per heavy atom. The number of ether oxygens (including phenoxy) is 3. The first kappa shape index (κ1) is 17.5. The lowest BCUT2D eigenvalue weighted by molar-refractivity contribution is 0.355. The number of methoxy groups -OCH3 is 3. The Morgan fingerprint density at radius 1 is 0.963 bits per heavy atom. The molecule has 1 aliphatic rings. The van der Waals surface area contributed by atoms with Crippen molar-refractivity contribution in [1.82, 2.24) is 9.97 Å². The monoisotopic (exact) mass is 381 g/mol. The normalized spacial score (nSPS) is 12.0. The van der Waals surface area contributed by atoms with E-state index in [9.17, 15) is 0 Å². The summed E-state index contributed by atoms with van der Waals surface area (Å²) >= 11 is 1.77. The van der Waals surface area contributed by atoms with Crippen LogP contribution in [0.2, 0.25) is 0 Å². The molecule has 1 aliphatic heterocycles. The lowest BCUT2D eigenvalue weighted by atomic mass is 10.1. The quantitative estimate of drug-likeness (QED) is 0.697. The Labute approximate surface area is 161 Å². The molecule has 0 atom stereocenters. The molecule has 2 heterocycles. The van der Waals surface area contributed by atoms with Gasteiger partial charge in [-0.2, -0.15) is 0 Å². The van der Waals surface area contributed by atoms with Crippen LogP contribution in [0.15, 0.2) is 47.5 Å². The first-order valence-corrected chi connectivity index (χ1v) is 9.36. The molecule has 0 bridgehead atoms. The maximum atomic E-state index is 5.35. The van der Waals surface area contributed by atoms with E-state index in [0.29, 0.717) is 17.4 Å². The van der Waals surface area contributed by atoms with E-state index in [1.165, 1.54) is 0 Å². The number of anilines is 2. The minimum atomic E-state index is 0.537. The fourth-order valence-electron chi connectivity index (χ4n) is 2.95. The predicted octanol–water partition coefficient (Wildman–Crippen LogP) is 4.52. The van der Waals surface area contributed by atoms with E-state index in [-0.39, 0.29) is 0 Å². The summed E-state index contributed by atoms with van der Waals surface area (Å²) < 4.78 is 16.0. The Kier molecular flexibility index (Phi) is 4.77. The highest BCUT2D eigenvalue weighted by Crippen LogP contribution is 2.42. The summed E-state index contributed by atoms with van der Waals surface area (Å²) in [7, 11) is 4.90. The minimum absolute atomic E-state index is 0.537. The van der Waals surface area contributed by atoms with Gasteiger partial charge in [-0.25, -0.2) is 9.97 Å². The SMILES string of the molecule is COc1ccc2c(c1)SCc1cnc(Nc3ccc(OC)c(OC)c3)nc1-2. The molecule has 0 radical (unpaired) electrons. The van der Waals surface area contributed by atoms with E-state index in [2.05, 4.69) is 10.3 Å². The number of nitrogens with zero attached hydrogens (tertiary/aromatic N) is 2. The lowest BCUT2D eigenvalue weighted by Crippen LogP contribution is -2.05. The zero-order valence-corrected chi connectivity index (χ0v) is 16.1. The maximum Gasteiger partial charge on any atom is 0.227 e. The van der Waals surface area contributed by atoms with Crippen LogP contribution < -0.4 is 19.5 Å². The molecule has 0 fully saturated rings. The van der Waals surface area contributed by atoms with Crippen molar-refractivity contribution in [3.8, 4) is 28.5 Å². The van der Waals surface area contributed by atoms with Crippen molar-refractivity contribution in [2.24, 2.45) is 0 Å². The van der Waals surface area contributed by atoms with Crippen LogP contribution in [0, 0.1) is 0 Å². The van der Waals surface area contributed by atoms with Crippen molar-refractivity contribution in [1.29, 1.82) is 0 Å². The number of nitrogens with one attached hydrogen (secondary N) is 1. The molecule has 0 saturated carbocycles. The van der Waals surface area contributed by atoms with E-state index in [0.717, 1.165) is 38.9 Å². The van der Waals surface area contributed by atoms with Crippen LogP contribution >= 0.6 is 11.8 Å². The summed E-state index contributed by atoms with van der Waals surface area (Å²) in [6.07, 6.45) is 1.88. The van der Waals surface area contributed by atoms with Crippen LogP contribution in [0.4, 0.5) is 11.6 Å². The number of hydrogen-bond donors (Lipinski definition) is 1. The molecular formula is C20H19N3O3S.